The van der Waals surface area contributed by atoms with E-state index < -0.39 is 30.3 Å². The topological polar surface area (TPSA) is 142 Å². The number of aromatic nitrogens is 1. The quantitative estimate of drug-likeness (QED) is 0.526. The maximum absolute atomic E-state index is 11.6. The Morgan fingerprint density at radius 1 is 1.30 bits per heavy atom. The van der Waals surface area contributed by atoms with Crippen molar-refractivity contribution >= 4 is 55.6 Å². The van der Waals surface area contributed by atoms with E-state index in [1.54, 1.807) is 0 Å². The van der Waals surface area contributed by atoms with E-state index in [1.165, 1.54) is 0 Å². The minimum atomic E-state index is -1.61. The number of carbonyl (C=O) groups excluding carboxylic acids is 3. The number of nitrogens with one attached hydrogen (secondary N) is 1. The van der Waals surface area contributed by atoms with Gasteiger partial charge in [0.05, 0.1) is 23.8 Å². The Labute approximate surface area is 143 Å². The SMILES string of the molecule is O=C([O-])CC[C@@H](NC(=O)c1cncc(O)c1)C(=O)[O-].[Ca+2]. The van der Waals surface area contributed by atoms with Gasteiger partial charge in [0, 0.05) is 12.2 Å². The Hall–Kier alpha value is -1.38. The summed E-state index contributed by atoms with van der Waals surface area (Å²) in [5.74, 6) is -4.11. The fourth-order valence-corrected chi connectivity index (χ4v) is 1.30. The second-order valence-corrected chi connectivity index (χ2v) is 3.69. The molecule has 0 aliphatic rings. The summed E-state index contributed by atoms with van der Waals surface area (Å²) in [7, 11) is 0. The fourth-order valence-electron chi connectivity index (χ4n) is 1.30. The molecular weight excluding hydrogens is 296 g/mol. The molecule has 0 aliphatic carbocycles. The Balaban J connectivity index is 0.00000361. The molecule has 0 aliphatic heterocycles. The van der Waals surface area contributed by atoms with Gasteiger partial charge in [-0.1, -0.05) is 0 Å². The molecule has 1 heterocycles. The Morgan fingerprint density at radius 3 is 2.45 bits per heavy atom. The minimum Gasteiger partial charge on any atom is -0.550 e. The molecular formula is C11H10CaN2O6. The summed E-state index contributed by atoms with van der Waals surface area (Å²) in [5, 5.41) is 32.2. The van der Waals surface area contributed by atoms with Crippen molar-refractivity contribution in [2.24, 2.45) is 0 Å². The number of carbonyl (C=O) groups is 3. The van der Waals surface area contributed by atoms with E-state index >= 15 is 0 Å². The maximum Gasteiger partial charge on any atom is 2.00 e. The third-order valence-corrected chi connectivity index (χ3v) is 2.21. The van der Waals surface area contributed by atoms with Gasteiger partial charge >= 0.3 is 37.7 Å². The van der Waals surface area contributed by atoms with Gasteiger partial charge in [0.1, 0.15) is 5.75 Å². The zero-order chi connectivity index (χ0) is 14.4. The van der Waals surface area contributed by atoms with Crippen molar-refractivity contribution in [2.75, 3.05) is 0 Å². The van der Waals surface area contributed by atoms with Gasteiger partial charge in [0.25, 0.3) is 5.91 Å². The van der Waals surface area contributed by atoms with Crippen molar-refractivity contribution in [3.05, 3.63) is 24.0 Å². The van der Waals surface area contributed by atoms with Gasteiger partial charge in [-0.3, -0.25) is 9.78 Å². The number of hydrogen-bond donors (Lipinski definition) is 2. The molecule has 0 saturated carbocycles. The molecule has 20 heavy (non-hydrogen) atoms. The maximum atomic E-state index is 11.6. The number of aromatic hydroxyl groups is 1. The number of hydrogen-bond acceptors (Lipinski definition) is 7. The molecule has 0 radical (unpaired) electrons. The van der Waals surface area contributed by atoms with Crippen molar-refractivity contribution in [2.45, 2.75) is 18.9 Å². The summed E-state index contributed by atoms with van der Waals surface area (Å²) < 4.78 is 0. The van der Waals surface area contributed by atoms with Crippen LogP contribution in [0.1, 0.15) is 23.2 Å². The zero-order valence-corrected chi connectivity index (χ0v) is 12.6. The molecule has 8 nitrogen and oxygen atoms in total. The van der Waals surface area contributed by atoms with Crippen LogP contribution >= 0.6 is 0 Å². The summed E-state index contributed by atoms with van der Waals surface area (Å²) in [6.45, 7) is 0. The number of aliphatic carboxylic acids is 2. The van der Waals surface area contributed by atoms with E-state index in [4.69, 9.17) is 5.11 Å². The van der Waals surface area contributed by atoms with Gasteiger partial charge in [-0.15, -0.1) is 0 Å². The summed E-state index contributed by atoms with van der Waals surface area (Å²) >= 11 is 0. The Morgan fingerprint density at radius 2 is 1.95 bits per heavy atom. The first kappa shape index (κ1) is 18.6. The first-order valence-electron chi connectivity index (χ1n) is 5.25. The number of carboxylic acid groups (broad SMARTS) is 2. The molecule has 1 amide bonds. The third kappa shape index (κ3) is 6.18. The van der Waals surface area contributed by atoms with Gasteiger partial charge in [0.2, 0.25) is 0 Å². The number of rotatable bonds is 6. The smallest absolute Gasteiger partial charge is 0.550 e. The number of pyridine rings is 1. The minimum absolute atomic E-state index is 0. The Kier molecular flexibility index (Phi) is 8.12. The summed E-state index contributed by atoms with van der Waals surface area (Å²) in [6, 6.07) is -0.374. The summed E-state index contributed by atoms with van der Waals surface area (Å²) in [5.41, 5.74) is -0.0558. The molecule has 102 valence electrons. The molecule has 1 aromatic rings. The van der Waals surface area contributed by atoms with Crippen LogP contribution in [0.5, 0.6) is 5.75 Å². The summed E-state index contributed by atoms with van der Waals surface area (Å²) in [6.07, 6.45) is 1.34. The molecule has 0 aromatic carbocycles. The van der Waals surface area contributed by atoms with E-state index in [2.05, 4.69) is 10.3 Å². The molecule has 1 rings (SSSR count). The monoisotopic (exact) mass is 306 g/mol. The second kappa shape index (κ2) is 8.72. The van der Waals surface area contributed by atoms with Crippen LogP contribution in [-0.2, 0) is 9.59 Å². The van der Waals surface area contributed by atoms with Crippen LogP contribution in [0.4, 0.5) is 0 Å². The largest absolute Gasteiger partial charge is 2.00 e. The number of carboxylic acids is 2. The number of amides is 1. The number of nitrogens with zero attached hydrogens (tertiary/aromatic N) is 1. The van der Waals surface area contributed by atoms with E-state index in [1.807, 2.05) is 0 Å². The van der Waals surface area contributed by atoms with E-state index in [-0.39, 0.29) is 55.5 Å². The summed E-state index contributed by atoms with van der Waals surface area (Å²) in [4.78, 5) is 36.2. The van der Waals surface area contributed by atoms with Crippen LogP contribution in [0, 0.1) is 0 Å². The van der Waals surface area contributed by atoms with Crippen molar-refractivity contribution in [1.29, 1.82) is 0 Å². The van der Waals surface area contributed by atoms with E-state index in [0.29, 0.717) is 0 Å². The fraction of sp³-hybridized carbons (Fsp3) is 0.273. The average Bonchev–Trinajstić information content (AvgIpc) is 2.33. The predicted molar refractivity (Wildman–Crippen MR) is 62.2 cm³/mol. The van der Waals surface area contributed by atoms with E-state index in [0.717, 1.165) is 18.5 Å². The predicted octanol–water partition coefficient (Wildman–Crippen LogP) is -3.22. The van der Waals surface area contributed by atoms with Crippen LogP contribution in [0.2, 0.25) is 0 Å². The van der Waals surface area contributed by atoms with Crippen LogP contribution in [0.3, 0.4) is 0 Å². The molecule has 0 fully saturated rings. The molecule has 0 saturated heterocycles. The molecule has 0 bridgehead atoms. The standard InChI is InChI=1S/C11H12N2O6.Ca/c14-7-3-6(4-12-5-7)10(17)13-8(11(18)19)1-2-9(15)16;/h3-5,8,14H,1-2H2,(H,13,17)(H,15,16)(H,18,19);/q;+2/p-2/t8-;/m1./s1. The van der Waals surface area contributed by atoms with Crippen LogP contribution in [0.25, 0.3) is 0 Å². The average molecular weight is 306 g/mol. The molecule has 2 N–H and O–H groups in total. The van der Waals surface area contributed by atoms with Crippen molar-refractivity contribution in [1.82, 2.24) is 10.3 Å². The van der Waals surface area contributed by atoms with Gasteiger partial charge in [-0.2, -0.15) is 0 Å². The second-order valence-electron chi connectivity index (χ2n) is 3.69. The van der Waals surface area contributed by atoms with Gasteiger partial charge in [-0.25, -0.2) is 0 Å². The van der Waals surface area contributed by atoms with Crippen molar-refractivity contribution in [3.8, 4) is 5.75 Å². The molecule has 0 spiro atoms. The first-order valence-corrected chi connectivity index (χ1v) is 5.25. The first-order chi connectivity index (χ1) is 8.90. The molecule has 1 atom stereocenters. The molecule has 1 aromatic heterocycles. The van der Waals surface area contributed by atoms with Gasteiger partial charge in [0.15, 0.2) is 0 Å². The van der Waals surface area contributed by atoms with Crippen LogP contribution in [-0.4, -0.2) is 71.7 Å². The van der Waals surface area contributed by atoms with Gasteiger partial charge < -0.3 is 30.2 Å². The van der Waals surface area contributed by atoms with Crippen molar-refractivity contribution < 1.29 is 29.7 Å². The molecule has 0 unspecified atom stereocenters. The van der Waals surface area contributed by atoms with Crippen LogP contribution in [0.15, 0.2) is 18.5 Å². The van der Waals surface area contributed by atoms with Crippen LogP contribution < -0.4 is 15.5 Å². The zero-order valence-electron chi connectivity index (χ0n) is 10.4. The Bertz CT molecular complexity index is 507. The van der Waals surface area contributed by atoms with Crippen molar-refractivity contribution in [3.63, 3.8) is 0 Å². The normalized spacial score (nSPS) is 11.0. The molecule has 9 heteroatoms. The van der Waals surface area contributed by atoms with Gasteiger partial charge in [-0.05, 0) is 18.9 Å². The third-order valence-electron chi connectivity index (χ3n) is 2.21. The van der Waals surface area contributed by atoms with E-state index in [9.17, 15) is 24.6 Å².